The zero-order valence-electron chi connectivity index (χ0n) is 32.8. The van der Waals surface area contributed by atoms with Gasteiger partial charge in [0, 0.05) is 31.1 Å². The predicted molar refractivity (Wildman–Crippen MR) is 213 cm³/mol. The van der Waals surface area contributed by atoms with Gasteiger partial charge >= 0.3 is 23.9 Å². The molecule has 0 aliphatic heterocycles. The van der Waals surface area contributed by atoms with E-state index in [0.717, 1.165) is 12.2 Å². The quantitative estimate of drug-likeness (QED) is 0.0301. The summed E-state index contributed by atoms with van der Waals surface area (Å²) in [4.78, 5) is 47.4. The number of unbranched alkanes of at least 4 members (excludes halogenated alkanes) is 2. The third-order valence-electron chi connectivity index (χ3n) is 7.73. The number of hydrogen-bond donors (Lipinski definition) is 0. The summed E-state index contributed by atoms with van der Waals surface area (Å²) in [5, 5.41) is 0. The lowest BCUT2D eigenvalue weighted by atomic mass is 10.2. The highest BCUT2D eigenvalue weighted by atomic mass is 16.6. The molecule has 0 fully saturated rings. The molecule has 2 unspecified atom stereocenters. The van der Waals surface area contributed by atoms with Crippen molar-refractivity contribution in [1.29, 1.82) is 0 Å². The van der Waals surface area contributed by atoms with Crippen LogP contribution in [-0.2, 0) is 47.6 Å². The highest BCUT2D eigenvalue weighted by Gasteiger charge is 2.18. The summed E-state index contributed by atoms with van der Waals surface area (Å²) in [7, 11) is 0. The van der Waals surface area contributed by atoms with Crippen LogP contribution in [0, 0.1) is 0 Å². The maximum Gasteiger partial charge on any atom is 0.330 e. The summed E-state index contributed by atoms with van der Waals surface area (Å²) in [6.45, 7) is 8.37. The molecular weight excluding hydrogens is 752 g/mol. The van der Waals surface area contributed by atoms with E-state index in [1.165, 1.54) is 0 Å². The normalized spacial score (nSPS) is 11.6. The largest absolute Gasteiger partial charge is 0.491 e. The second-order valence-corrected chi connectivity index (χ2v) is 12.5. The van der Waals surface area contributed by atoms with E-state index in [1.54, 1.807) is 24.3 Å². The average Bonchev–Trinajstić information content (AvgIpc) is 3.24. The van der Waals surface area contributed by atoms with Gasteiger partial charge in [-0.05, 0) is 62.1 Å². The Hall–Kier alpha value is -5.86. The van der Waals surface area contributed by atoms with Gasteiger partial charge in [0.2, 0.25) is 0 Å². The molecule has 0 saturated heterocycles. The van der Waals surface area contributed by atoms with Crippen molar-refractivity contribution in [2.45, 2.75) is 50.7 Å². The Labute approximate surface area is 339 Å². The van der Waals surface area contributed by atoms with E-state index in [9.17, 15) is 19.2 Å². The number of ether oxygens (including phenoxy) is 10. The van der Waals surface area contributed by atoms with E-state index in [0.29, 0.717) is 48.7 Å². The molecule has 0 amide bonds. The summed E-state index contributed by atoms with van der Waals surface area (Å²) in [5.74, 6) is 0.588. The van der Waals surface area contributed by atoms with Gasteiger partial charge in [-0.1, -0.05) is 55.6 Å². The maximum absolute atomic E-state index is 12.5. The maximum atomic E-state index is 12.5. The molecule has 314 valence electrons. The summed E-state index contributed by atoms with van der Waals surface area (Å²) in [6.07, 6.45) is 3.19. The standard InChI is InChI=1S/C44H54O14/c1-3-41(45)53-24-13-11-22-43(47)57-39(33-55-35-16-7-5-8-17-35)31-49-26-28-51-37-20-15-21-38(30-37)52-29-27-50-32-40(34-56-36-18-9-6-10-19-36)58-44(48)23-12-14-25-54-42(46)4-2/h3-10,15-21,30,39-40H,1-2,11-14,22-29,31-34H2. The number of rotatable bonds is 32. The number of carbonyl (C=O) groups is 4. The van der Waals surface area contributed by atoms with Crippen molar-refractivity contribution in [2.24, 2.45) is 0 Å². The van der Waals surface area contributed by atoms with Crippen LogP contribution < -0.4 is 18.9 Å². The van der Waals surface area contributed by atoms with Gasteiger partial charge < -0.3 is 47.4 Å². The third-order valence-corrected chi connectivity index (χ3v) is 7.73. The second kappa shape index (κ2) is 29.4. The van der Waals surface area contributed by atoms with E-state index in [-0.39, 0.29) is 78.9 Å². The van der Waals surface area contributed by atoms with Crippen LogP contribution >= 0.6 is 0 Å². The van der Waals surface area contributed by atoms with Crippen molar-refractivity contribution in [2.75, 3.05) is 66.1 Å². The molecule has 0 radical (unpaired) electrons. The molecule has 0 heterocycles. The third kappa shape index (κ3) is 22.0. The van der Waals surface area contributed by atoms with Crippen LogP contribution in [0.3, 0.4) is 0 Å². The van der Waals surface area contributed by atoms with Crippen molar-refractivity contribution in [1.82, 2.24) is 0 Å². The van der Waals surface area contributed by atoms with Gasteiger partial charge in [0.05, 0.1) is 39.6 Å². The van der Waals surface area contributed by atoms with Gasteiger partial charge in [0.25, 0.3) is 0 Å². The minimum absolute atomic E-state index is 0.0928. The average molecular weight is 807 g/mol. The molecule has 3 aromatic carbocycles. The van der Waals surface area contributed by atoms with Crippen LogP contribution in [0.15, 0.2) is 110 Å². The Morgan fingerprint density at radius 3 is 1.29 bits per heavy atom. The molecule has 3 aromatic rings. The zero-order chi connectivity index (χ0) is 41.5. The number of para-hydroxylation sites is 2. The molecule has 0 N–H and O–H groups in total. The molecule has 58 heavy (non-hydrogen) atoms. The Balaban J connectivity index is 1.36. The first-order chi connectivity index (χ1) is 28.3. The van der Waals surface area contributed by atoms with Crippen molar-refractivity contribution < 1.29 is 66.5 Å². The molecule has 0 aromatic heterocycles. The highest BCUT2D eigenvalue weighted by molar-refractivity contribution is 5.81. The molecule has 14 heteroatoms. The van der Waals surface area contributed by atoms with Crippen LogP contribution in [0.25, 0.3) is 0 Å². The lowest BCUT2D eigenvalue weighted by molar-refractivity contribution is -0.155. The van der Waals surface area contributed by atoms with Gasteiger partial charge in [0.1, 0.15) is 49.4 Å². The first-order valence-corrected chi connectivity index (χ1v) is 19.2. The van der Waals surface area contributed by atoms with Crippen molar-refractivity contribution >= 4 is 23.9 Å². The number of esters is 4. The van der Waals surface area contributed by atoms with Crippen molar-refractivity contribution in [3.8, 4) is 23.0 Å². The van der Waals surface area contributed by atoms with Crippen LogP contribution in [0.2, 0.25) is 0 Å². The molecule has 0 aliphatic rings. The minimum Gasteiger partial charge on any atom is -0.491 e. The minimum atomic E-state index is -0.657. The second-order valence-electron chi connectivity index (χ2n) is 12.5. The van der Waals surface area contributed by atoms with Crippen molar-refractivity contribution in [3.63, 3.8) is 0 Å². The molecule has 0 saturated carbocycles. The van der Waals surface area contributed by atoms with Gasteiger partial charge in [-0.3, -0.25) is 9.59 Å². The van der Waals surface area contributed by atoms with Gasteiger partial charge in [-0.25, -0.2) is 9.59 Å². The van der Waals surface area contributed by atoms with Crippen LogP contribution in [0.5, 0.6) is 23.0 Å². The first-order valence-electron chi connectivity index (χ1n) is 19.2. The molecule has 2 atom stereocenters. The van der Waals surface area contributed by atoms with E-state index < -0.39 is 36.1 Å². The monoisotopic (exact) mass is 806 g/mol. The van der Waals surface area contributed by atoms with E-state index in [1.807, 2.05) is 60.7 Å². The zero-order valence-corrected chi connectivity index (χ0v) is 32.8. The van der Waals surface area contributed by atoms with E-state index in [2.05, 4.69) is 13.2 Å². The Kier molecular flexibility index (Phi) is 23.6. The Morgan fingerprint density at radius 2 is 0.879 bits per heavy atom. The van der Waals surface area contributed by atoms with Gasteiger partial charge in [-0.2, -0.15) is 0 Å². The van der Waals surface area contributed by atoms with E-state index >= 15 is 0 Å². The fourth-order valence-electron chi connectivity index (χ4n) is 4.86. The predicted octanol–water partition coefficient (Wildman–Crippen LogP) is 6.26. The SMILES string of the molecule is C=CC(=O)OCCCCC(=O)OC(COCCOc1cccc(OCCOCC(COc2ccccc2)OC(=O)CCCCOC(=O)C=C)c1)COc1ccccc1. The van der Waals surface area contributed by atoms with Crippen molar-refractivity contribution in [3.05, 3.63) is 110 Å². The van der Waals surface area contributed by atoms with Gasteiger partial charge in [-0.15, -0.1) is 0 Å². The summed E-state index contributed by atoms with van der Waals surface area (Å²) >= 11 is 0. The van der Waals surface area contributed by atoms with Crippen LogP contribution in [0.1, 0.15) is 38.5 Å². The summed E-state index contributed by atoms with van der Waals surface area (Å²) < 4.78 is 56.0. The summed E-state index contributed by atoms with van der Waals surface area (Å²) in [5.41, 5.74) is 0. The van der Waals surface area contributed by atoms with Crippen LogP contribution in [0.4, 0.5) is 0 Å². The molecule has 3 rings (SSSR count). The molecule has 0 spiro atoms. The molecule has 14 nitrogen and oxygen atoms in total. The van der Waals surface area contributed by atoms with E-state index in [4.69, 9.17) is 47.4 Å². The summed E-state index contributed by atoms with van der Waals surface area (Å²) in [6, 6.07) is 25.5. The number of carbonyl (C=O) groups excluding carboxylic acids is 4. The fraction of sp³-hybridized carbons (Fsp3) is 0.409. The Morgan fingerprint density at radius 1 is 0.466 bits per heavy atom. The lowest BCUT2D eigenvalue weighted by Crippen LogP contribution is -2.30. The van der Waals surface area contributed by atoms with Crippen LogP contribution in [-0.4, -0.2) is 102 Å². The fourth-order valence-corrected chi connectivity index (χ4v) is 4.86. The van der Waals surface area contributed by atoms with Gasteiger partial charge in [0.15, 0.2) is 12.2 Å². The molecule has 0 aliphatic carbocycles. The Bertz CT molecular complexity index is 1510. The topological polar surface area (TPSA) is 161 Å². The smallest absolute Gasteiger partial charge is 0.330 e. The first kappa shape index (κ1) is 46.5. The number of benzene rings is 3. The molecular formula is C44H54O14. The highest BCUT2D eigenvalue weighted by Crippen LogP contribution is 2.19. The molecule has 0 bridgehead atoms. The number of hydrogen-bond acceptors (Lipinski definition) is 14. The lowest BCUT2D eigenvalue weighted by Gasteiger charge is -2.19.